The lowest BCUT2D eigenvalue weighted by Gasteiger charge is -2.14. The fourth-order valence-corrected chi connectivity index (χ4v) is 2.73. The van der Waals surface area contributed by atoms with Crippen LogP contribution in [-0.4, -0.2) is 13.2 Å². The van der Waals surface area contributed by atoms with E-state index in [1.807, 2.05) is 0 Å². The number of halogens is 1. The van der Waals surface area contributed by atoms with Gasteiger partial charge in [-0.05, 0) is 52.0 Å². The number of ether oxygens (including phenoxy) is 2. The zero-order valence-electron chi connectivity index (χ0n) is 7.92. The van der Waals surface area contributed by atoms with E-state index < -0.39 is 0 Å². The Hall–Kier alpha value is -0.540. The molecule has 0 saturated carbocycles. The minimum absolute atomic E-state index is 0.348. The van der Waals surface area contributed by atoms with E-state index in [1.54, 1.807) is 7.11 Å². The summed E-state index contributed by atoms with van der Waals surface area (Å²) >= 11 is 3.50. The van der Waals surface area contributed by atoms with Gasteiger partial charge in [0.2, 0.25) is 0 Å². The van der Waals surface area contributed by atoms with Crippen LogP contribution in [0.1, 0.15) is 23.7 Å². The van der Waals surface area contributed by atoms with Crippen molar-refractivity contribution in [1.82, 2.24) is 0 Å². The Labute approximate surface area is 91.3 Å². The zero-order chi connectivity index (χ0) is 9.71. The van der Waals surface area contributed by atoms with Crippen molar-refractivity contribution in [2.24, 2.45) is 0 Å². The molecule has 1 fully saturated rings. The molecule has 2 aliphatic rings. The molecule has 0 N–H and O–H groups in total. The maximum Gasteiger partial charge on any atom is 0.133 e. The molecule has 1 aliphatic carbocycles. The van der Waals surface area contributed by atoms with Crippen molar-refractivity contribution >= 4 is 15.9 Å². The second-order valence-electron chi connectivity index (χ2n) is 3.82. The van der Waals surface area contributed by atoms with E-state index >= 15 is 0 Å². The number of hydrogen-bond acceptors (Lipinski definition) is 2. The smallest absolute Gasteiger partial charge is 0.133 e. The first-order chi connectivity index (χ1) is 6.79. The molecule has 74 valence electrons. The molecule has 1 saturated heterocycles. The molecule has 2 unspecified atom stereocenters. The van der Waals surface area contributed by atoms with Gasteiger partial charge in [0.1, 0.15) is 11.9 Å². The molecule has 1 aromatic rings. The first kappa shape index (κ1) is 8.74. The van der Waals surface area contributed by atoms with Crippen LogP contribution in [0, 0.1) is 0 Å². The van der Waals surface area contributed by atoms with Gasteiger partial charge in [-0.15, -0.1) is 0 Å². The number of methoxy groups -OCH3 is 1. The molecule has 1 aromatic carbocycles. The van der Waals surface area contributed by atoms with E-state index in [9.17, 15) is 0 Å². The number of rotatable bonds is 1. The molecular weight excluding hydrogens is 244 g/mol. The first-order valence-electron chi connectivity index (χ1n) is 4.81. The summed E-state index contributed by atoms with van der Waals surface area (Å²) in [5, 5.41) is 0. The summed E-state index contributed by atoms with van der Waals surface area (Å²) in [7, 11) is 1.69. The van der Waals surface area contributed by atoms with Gasteiger partial charge >= 0.3 is 0 Å². The lowest BCUT2D eigenvalue weighted by molar-refractivity contribution is 0.372. The molecule has 1 aliphatic heterocycles. The normalized spacial score (nSPS) is 27.9. The molecule has 0 amide bonds. The lowest BCUT2D eigenvalue weighted by atomic mass is 9.92. The first-order valence-corrected chi connectivity index (χ1v) is 5.60. The van der Waals surface area contributed by atoms with Gasteiger partial charge in [0.15, 0.2) is 0 Å². The Morgan fingerprint density at radius 1 is 1.50 bits per heavy atom. The molecule has 0 aromatic heterocycles. The van der Waals surface area contributed by atoms with Crippen molar-refractivity contribution in [3.05, 3.63) is 27.7 Å². The van der Waals surface area contributed by atoms with Gasteiger partial charge < -0.3 is 9.47 Å². The summed E-state index contributed by atoms with van der Waals surface area (Å²) in [5.41, 5.74) is 2.72. The van der Waals surface area contributed by atoms with Crippen molar-refractivity contribution in [3.8, 4) is 5.75 Å². The minimum atomic E-state index is 0.348. The topological polar surface area (TPSA) is 21.8 Å². The molecule has 14 heavy (non-hydrogen) atoms. The highest BCUT2D eigenvalue weighted by molar-refractivity contribution is 9.10. The second-order valence-corrected chi connectivity index (χ2v) is 4.67. The Kier molecular flexibility index (Phi) is 1.86. The molecule has 0 bridgehead atoms. The average molecular weight is 255 g/mol. The van der Waals surface area contributed by atoms with E-state index in [1.165, 1.54) is 11.1 Å². The molecule has 3 heteroatoms. The van der Waals surface area contributed by atoms with Gasteiger partial charge in [-0.2, -0.15) is 0 Å². The molecule has 2 nitrogen and oxygen atoms in total. The second kappa shape index (κ2) is 2.97. The summed E-state index contributed by atoms with van der Waals surface area (Å²) < 4.78 is 11.9. The molecule has 0 spiro atoms. The van der Waals surface area contributed by atoms with Crippen LogP contribution in [0.5, 0.6) is 5.75 Å². The molecular formula is C11H11BrO2. The summed E-state index contributed by atoms with van der Waals surface area (Å²) in [6.45, 7) is 0. The fourth-order valence-electron chi connectivity index (χ4n) is 2.18. The van der Waals surface area contributed by atoms with Crippen molar-refractivity contribution in [3.63, 3.8) is 0 Å². The van der Waals surface area contributed by atoms with Crippen molar-refractivity contribution in [1.29, 1.82) is 0 Å². The Bertz CT molecular complexity index is 389. The average Bonchev–Trinajstić information content (AvgIpc) is 2.95. The van der Waals surface area contributed by atoms with Gasteiger partial charge in [0, 0.05) is 0 Å². The van der Waals surface area contributed by atoms with E-state index in [-0.39, 0.29) is 0 Å². The van der Waals surface area contributed by atoms with Crippen LogP contribution < -0.4 is 4.74 Å². The Morgan fingerprint density at radius 2 is 2.36 bits per heavy atom. The van der Waals surface area contributed by atoms with E-state index in [2.05, 4.69) is 28.1 Å². The van der Waals surface area contributed by atoms with Crippen LogP contribution in [-0.2, 0) is 11.2 Å². The summed E-state index contributed by atoms with van der Waals surface area (Å²) in [6, 6.07) is 4.26. The van der Waals surface area contributed by atoms with Gasteiger partial charge in [-0.25, -0.2) is 0 Å². The van der Waals surface area contributed by atoms with Crippen LogP contribution in [0.15, 0.2) is 16.6 Å². The van der Waals surface area contributed by atoms with E-state index in [4.69, 9.17) is 9.47 Å². The molecule has 2 atom stereocenters. The number of aryl methyl sites for hydroxylation is 1. The third-order valence-corrected chi connectivity index (χ3v) is 3.62. The Morgan fingerprint density at radius 3 is 3.14 bits per heavy atom. The standard InChI is InChI=1S/C11H11BrO2/c1-13-10-5-7-6(4-8(10)12)2-3-9-11(7)14-9/h4-5,9,11H,2-3H2,1H3. The van der Waals surface area contributed by atoms with Crippen molar-refractivity contribution in [2.75, 3.05) is 7.11 Å². The predicted molar refractivity (Wildman–Crippen MR) is 56.6 cm³/mol. The highest BCUT2D eigenvalue weighted by Gasteiger charge is 2.44. The van der Waals surface area contributed by atoms with Crippen LogP contribution >= 0.6 is 15.9 Å². The number of hydrogen-bond donors (Lipinski definition) is 0. The van der Waals surface area contributed by atoms with Gasteiger partial charge in [0.25, 0.3) is 0 Å². The minimum Gasteiger partial charge on any atom is -0.496 e. The monoisotopic (exact) mass is 254 g/mol. The summed E-state index contributed by atoms with van der Waals surface area (Å²) in [5.74, 6) is 0.903. The zero-order valence-corrected chi connectivity index (χ0v) is 9.50. The van der Waals surface area contributed by atoms with Gasteiger partial charge in [0.05, 0.1) is 17.7 Å². The quantitative estimate of drug-likeness (QED) is 0.720. The summed E-state index contributed by atoms with van der Waals surface area (Å²) in [4.78, 5) is 0. The van der Waals surface area contributed by atoms with Crippen molar-refractivity contribution < 1.29 is 9.47 Å². The third-order valence-electron chi connectivity index (χ3n) is 3.00. The van der Waals surface area contributed by atoms with Crippen molar-refractivity contribution in [2.45, 2.75) is 25.0 Å². The number of fused-ring (bicyclic) bond motifs is 3. The maximum atomic E-state index is 5.57. The van der Waals surface area contributed by atoms with Crippen LogP contribution in [0.2, 0.25) is 0 Å². The largest absolute Gasteiger partial charge is 0.496 e. The van der Waals surface area contributed by atoms with E-state index in [0.29, 0.717) is 12.2 Å². The molecule has 1 heterocycles. The van der Waals surface area contributed by atoms with E-state index in [0.717, 1.165) is 23.1 Å². The predicted octanol–water partition coefficient (Wildman–Crippen LogP) is 2.84. The lowest BCUT2D eigenvalue weighted by Crippen LogP contribution is -2.04. The fraction of sp³-hybridized carbons (Fsp3) is 0.455. The number of benzene rings is 1. The highest BCUT2D eigenvalue weighted by atomic mass is 79.9. The molecule has 3 rings (SSSR count). The van der Waals surface area contributed by atoms with Gasteiger partial charge in [-0.3, -0.25) is 0 Å². The maximum absolute atomic E-state index is 5.57. The van der Waals surface area contributed by atoms with Crippen LogP contribution in [0.25, 0.3) is 0 Å². The Balaban J connectivity index is 2.11. The van der Waals surface area contributed by atoms with Gasteiger partial charge in [-0.1, -0.05) is 0 Å². The third kappa shape index (κ3) is 1.19. The highest BCUT2D eigenvalue weighted by Crippen LogP contribution is 2.48. The van der Waals surface area contributed by atoms with Crippen LogP contribution in [0.3, 0.4) is 0 Å². The van der Waals surface area contributed by atoms with Crippen LogP contribution in [0.4, 0.5) is 0 Å². The summed E-state index contributed by atoms with van der Waals surface area (Å²) in [6.07, 6.45) is 3.12. The molecule has 0 radical (unpaired) electrons. The SMILES string of the molecule is COc1cc2c(cc1Br)CCC1OC21. The number of epoxide rings is 1.